The first-order chi connectivity index (χ1) is 11.1. The van der Waals surface area contributed by atoms with Gasteiger partial charge in [0.1, 0.15) is 12.4 Å². The number of aryl methyl sites for hydroxylation is 2. The topological polar surface area (TPSA) is 66.7 Å². The fraction of sp³-hybridized carbons (Fsp3) is 0.353. The molecule has 1 fully saturated rings. The third-order valence-electron chi connectivity index (χ3n) is 4.00. The van der Waals surface area contributed by atoms with Gasteiger partial charge in [-0.1, -0.05) is 23.4 Å². The van der Waals surface area contributed by atoms with Crippen LogP contribution in [0.15, 0.2) is 34.9 Å². The molecular formula is C17H19N3O3. The van der Waals surface area contributed by atoms with E-state index in [1.165, 1.54) is 4.90 Å². The average molecular weight is 313 g/mol. The van der Waals surface area contributed by atoms with Crippen molar-refractivity contribution in [3.63, 3.8) is 0 Å². The number of carbonyl (C=O) groups excluding carboxylic acids is 2. The Morgan fingerprint density at radius 2 is 2.13 bits per heavy atom. The third kappa shape index (κ3) is 3.11. The predicted octanol–water partition coefficient (Wildman–Crippen LogP) is 2.52. The van der Waals surface area contributed by atoms with Crippen LogP contribution in [0.3, 0.4) is 0 Å². The van der Waals surface area contributed by atoms with Crippen LogP contribution < -0.4 is 4.90 Å². The summed E-state index contributed by atoms with van der Waals surface area (Å²) in [5.74, 6) is 0.926. The second-order valence-electron chi connectivity index (χ2n) is 5.75. The minimum atomic E-state index is -0.184. The SMILES string of the molecule is Cc1cc(N(CN2CCCC2=O)C(=O)c2ccccc2C)no1. The van der Waals surface area contributed by atoms with Gasteiger partial charge in [-0.05, 0) is 31.9 Å². The Hall–Kier alpha value is -2.63. The van der Waals surface area contributed by atoms with E-state index in [0.29, 0.717) is 30.1 Å². The van der Waals surface area contributed by atoms with Gasteiger partial charge in [0.05, 0.1) is 0 Å². The van der Waals surface area contributed by atoms with Crippen LogP contribution in [0, 0.1) is 13.8 Å². The third-order valence-corrected chi connectivity index (χ3v) is 4.00. The molecule has 1 saturated heterocycles. The van der Waals surface area contributed by atoms with Gasteiger partial charge >= 0.3 is 0 Å². The molecule has 0 unspecified atom stereocenters. The van der Waals surface area contributed by atoms with Crippen molar-refractivity contribution in [3.8, 4) is 0 Å². The van der Waals surface area contributed by atoms with E-state index < -0.39 is 0 Å². The fourth-order valence-corrected chi connectivity index (χ4v) is 2.70. The van der Waals surface area contributed by atoms with E-state index in [-0.39, 0.29) is 18.5 Å². The highest BCUT2D eigenvalue weighted by molar-refractivity contribution is 6.06. The monoisotopic (exact) mass is 313 g/mol. The van der Waals surface area contributed by atoms with Crippen LogP contribution in [-0.2, 0) is 4.79 Å². The highest BCUT2D eigenvalue weighted by Crippen LogP contribution is 2.21. The number of likely N-dealkylation sites (tertiary alicyclic amines) is 1. The maximum Gasteiger partial charge on any atom is 0.261 e. The van der Waals surface area contributed by atoms with Crippen molar-refractivity contribution in [1.29, 1.82) is 0 Å². The number of carbonyl (C=O) groups is 2. The Morgan fingerprint density at radius 1 is 1.35 bits per heavy atom. The number of nitrogens with zero attached hydrogens (tertiary/aromatic N) is 3. The van der Waals surface area contributed by atoms with Crippen molar-refractivity contribution in [1.82, 2.24) is 10.1 Å². The fourth-order valence-electron chi connectivity index (χ4n) is 2.70. The zero-order valence-corrected chi connectivity index (χ0v) is 13.3. The number of rotatable bonds is 4. The molecule has 0 atom stereocenters. The Labute approximate surface area is 134 Å². The molecule has 1 aliphatic heterocycles. The standard InChI is InChI=1S/C17H19N3O3/c1-12-6-3-4-7-14(12)17(22)20(15-10-13(2)23-18-15)11-19-9-5-8-16(19)21/h3-4,6-7,10H,5,8-9,11H2,1-2H3. The molecule has 1 aliphatic rings. The largest absolute Gasteiger partial charge is 0.360 e. The Bertz CT molecular complexity index is 738. The minimum absolute atomic E-state index is 0.0628. The maximum atomic E-state index is 13.0. The highest BCUT2D eigenvalue weighted by Gasteiger charge is 2.28. The van der Waals surface area contributed by atoms with Crippen molar-refractivity contribution in [2.24, 2.45) is 0 Å². The molecule has 1 aromatic heterocycles. The molecule has 6 nitrogen and oxygen atoms in total. The molecule has 0 spiro atoms. The number of anilines is 1. The van der Waals surface area contributed by atoms with Gasteiger partial charge in [0.25, 0.3) is 5.91 Å². The minimum Gasteiger partial charge on any atom is -0.360 e. The van der Waals surface area contributed by atoms with Gasteiger partial charge in [-0.2, -0.15) is 0 Å². The van der Waals surface area contributed by atoms with E-state index in [1.807, 2.05) is 25.1 Å². The molecule has 0 radical (unpaired) electrons. The molecule has 23 heavy (non-hydrogen) atoms. The first-order valence-electron chi connectivity index (χ1n) is 7.65. The van der Waals surface area contributed by atoms with E-state index in [9.17, 15) is 9.59 Å². The molecular weight excluding hydrogens is 294 g/mol. The molecule has 6 heteroatoms. The van der Waals surface area contributed by atoms with Crippen molar-refractivity contribution < 1.29 is 14.1 Å². The van der Waals surface area contributed by atoms with Gasteiger partial charge in [0.15, 0.2) is 5.82 Å². The number of amides is 2. The van der Waals surface area contributed by atoms with Gasteiger partial charge < -0.3 is 9.42 Å². The number of hydrogen-bond donors (Lipinski definition) is 0. The van der Waals surface area contributed by atoms with Crippen LogP contribution in [0.2, 0.25) is 0 Å². The Balaban J connectivity index is 1.93. The lowest BCUT2D eigenvalue weighted by atomic mass is 10.1. The van der Waals surface area contributed by atoms with Crippen molar-refractivity contribution >= 4 is 17.6 Å². The zero-order chi connectivity index (χ0) is 16.4. The quantitative estimate of drug-likeness (QED) is 0.870. The van der Waals surface area contributed by atoms with Gasteiger partial charge in [-0.3, -0.25) is 14.5 Å². The highest BCUT2D eigenvalue weighted by atomic mass is 16.5. The van der Waals surface area contributed by atoms with Crippen molar-refractivity contribution in [2.45, 2.75) is 26.7 Å². The molecule has 0 aliphatic carbocycles. The molecule has 120 valence electrons. The van der Waals surface area contributed by atoms with Gasteiger partial charge in [0.2, 0.25) is 5.91 Å². The lowest BCUT2D eigenvalue weighted by Gasteiger charge is -2.26. The van der Waals surface area contributed by atoms with Crippen LogP contribution in [0.25, 0.3) is 0 Å². The van der Waals surface area contributed by atoms with Crippen LogP contribution >= 0.6 is 0 Å². The lowest BCUT2D eigenvalue weighted by molar-refractivity contribution is -0.127. The Kier molecular flexibility index (Phi) is 4.14. The van der Waals surface area contributed by atoms with Crippen molar-refractivity contribution in [2.75, 3.05) is 18.1 Å². The van der Waals surface area contributed by atoms with E-state index in [0.717, 1.165) is 12.0 Å². The molecule has 2 heterocycles. The number of aromatic nitrogens is 1. The van der Waals surface area contributed by atoms with Crippen LogP contribution in [0.1, 0.15) is 34.5 Å². The summed E-state index contributed by atoms with van der Waals surface area (Å²) in [4.78, 5) is 28.1. The molecule has 2 aromatic rings. The molecule has 2 amide bonds. The normalized spacial score (nSPS) is 14.3. The second-order valence-corrected chi connectivity index (χ2v) is 5.75. The molecule has 0 saturated carbocycles. The summed E-state index contributed by atoms with van der Waals surface area (Å²) >= 11 is 0. The summed E-state index contributed by atoms with van der Waals surface area (Å²) in [6.07, 6.45) is 1.35. The van der Waals surface area contributed by atoms with E-state index in [1.54, 1.807) is 24.0 Å². The first kappa shape index (κ1) is 15.3. The lowest BCUT2D eigenvalue weighted by Crippen LogP contribution is -2.42. The van der Waals surface area contributed by atoms with Crippen LogP contribution in [0.4, 0.5) is 5.82 Å². The maximum absolute atomic E-state index is 13.0. The second kappa shape index (κ2) is 6.24. The predicted molar refractivity (Wildman–Crippen MR) is 85.0 cm³/mol. The summed E-state index contributed by atoms with van der Waals surface area (Å²) in [7, 11) is 0. The summed E-state index contributed by atoms with van der Waals surface area (Å²) in [5, 5.41) is 3.95. The summed E-state index contributed by atoms with van der Waals surface area (Å²) in [6, 6.07) is 9.09. The average Bonchev–Trinajstić information content (AvgIpc) is 3.13. The van der Waals surface area contributed by atoms with Crippen molar-refractivity contribution in [3.05, 3.63) is 47.2 Å². The molecule has 0 N–H and O–H groups in total. The van der Waals surface area contributed by atoms with Gasteiger partial charge in [-0.15, -0.1) is 0 Å². The summed E-state index contributed by atoms with van der Waals surface area (Å²) < 4.78 is 5.11. The van der Waals surface area contributed by atoms with E-state index in [2.05, 4.69) is 5.16 Å². The van der Waals surface area contributed by atoms with Gasteiger partial charge in [0, 0.05) is 24.6 Å². The zero-order valence-electron chi connectivity index (χ0n) is 13.3. The van der Waals surface area contributed by atoms with E-state index >= 15 is 0 Å². The smallest absolute Gasteiger partial charge is 0.261 e. The summed E-state index contributed by atoms with van der Waals surface area (Å²) in [6.45, 7) is 4.51. The van der Waals surface area contributed by atoms with E-state index in [4.69, 9.17) is 4.52 Å². The number of hydrogen-bond acceptors (Lipinski definition) is 4. The van der Waals surface area contributed by atoms with Gasteiger partial charge in [-0.25, -0.2) is 0 Å². The van der Waals surface area contributed by atoms with Crippen LogP contribution in [-0.4, -0.2) is 35.1 Å². The molecule has 1 aromatic carbocycles. The number of benzene rings is 1. The Morgan fingerprint density at radius 3 is 2.74 bits per heavy atom. The molecule has 3 rings (SSSR count). The first-order valence-corrected chi connectivity index (χ1v) is 7.65. The molecule has 0 bridgehead atoms. The van der Waals surface area contributed by atoms with Crippen LogP contribution in [0.5, 0.6) is 0 Å². The summed E-state index contributed by atoms with van der Waals surface area (Å²) in [5.41, 5.74) is 1.48.